The Bertz CT molecular complexity index is 254. The highest BCUT2D eigenvalue weighted by molar-refractivity contribution is 5.84. The first-order chi connectivity index (χ1) is 7.27. The zero-order valence-electron chi connectivity index (χ0n) is 10.6. The number of carbonyl (C=O) groups excluding carboxylic acids is 1. The number of likely N-dealkylation sites (tertiary alicyclic amines) is 1. The number of aliphatic hydroxyl groups is 1. The molecule has 0 aromatic heterocycles. The van der Waals surface area contributed by atoms with Gasteiger partial charge in [-0.2, -0.15) is 0 Å². The molecule has 1 unspecified atom stereocenters. The highest BCUT2D eigenvalue weighted by atomic mass is 16.3. The van der Waals surface area contributed by atoms with Crippen molar-refractivity contribution in [2.75, 3.05) is 19.6 Å². The Morgan fingerprint density at radius 1 is 1.25 bits per heavy atom. The second-order valence-electron chi connectivity index (χ2n) is 5.81. The van der Waals surface area contributed by atoms with Crippen LogP contribution in [0.2, 0.25) is 0 Å². The van der Waals surface area contributed by atoms with Crippen molar-refractivity contribution < 1.29 is 9.90 Å². The van der Waals surface area contributed by atoms with Crippen LogP contribution in [0.4, 0.5) is 0 Å². The minimum absolute atomic E-state index is 0.353. The number of piperidine rings is 1. The molecule has 0 saturated carbocycles. The first-order valence-corrected chi connectivity index (χ1v) is 6.02. The van der Waals surface area contributed by atoms with Crippen LogP contribution in [0.25, 0.3) is 0 Å². The number of carbonyl (C=O) groups is 1. The molecule has 4 heteroatoms. The molecule has 1 aliphatic rings. The van der Waals surface area contributed by atoms with E-state index in [9.17, 15) is 9.90 Å². The average molecular weight is 228 g/mol. The van der Waals surface area contributed by atoms with E-state index in [4.69, 9.17) is 5.73 Å². The number of hydrogen-bond acceptors (Lipinski definition) is 3. The second kappa shape index (κ2) is 4.72. The standard InChI is InChI=1S/C12H24N2O2/c1-11(2,3)12(16,10(13)15)9-14-7-5-4-6-8-14/h16H,4-9H2,1-3H3,(H2,13,15). The zero-order chi connectivity index (χ0) is 12.4. The summed E-state index contributed by atoms with van der Waals surface area (Å²) in [6.07, 6.45) is 3.51. The molecule has 0 bridgehead atoms. The molecule has 1 fully saturated rings. The van der Waals surface area contributed by atoms with E-state index < -0.39 is 16.9 Å². The van der Waals surface area contributed by atoms with E-state index in [-0.39, 0.29) is 0 Å². The summed E-state index contributed by atoms with van der Waals surface area (Å²) >= 11 is 0. The summed E-state index contributed by atoms with van der Waals surface area (Å²) < 4.78 is 0. The molecular formula is C12H24N2O2. The molecule has 94 valence electrons. The van der Waals surface area contributed by atoms with Crippen molar-refractivity contribution in [1.29, 1.82) is 0 Å². The molecular weight excluding hydrogens is 204 g/mol. The summed E-state index contributed by atoms with van der Waals surface area (Å²) in [6.45, 7) is 7.80. The van der Waals surface area contributed by atoms with Gasteiger partial charge < -0.3 is 10.8 Å². The molecule has 1 heterocycles. The number of hydrogen-bond donors (Lipinski definition) is 2. The van der Waals surface area contributed by atoms with Crippen LogP contribution in [0, 0.1) is 5.41 Å². The first kappa shape index (κ1) is 13.5. The predicted octanol–water partition coefficient (Wildman–Crippen LogP) is 0.735. The Balaban J connectivity index is 2.74. The Morgan fingerprint density at radius 3 is 2.12 bits per heavy atom. The average Bonchev–Trinajstić information content (AvgIpc) is 2.17. The third-order valence-corrected chi connectivity index (χ3v) is 3.55. The van der Waals surface area contributed by atoms with Crippen molar-refractivity contribution in [3.8, 4) is 0 Å². The lowest BCUT2D eigenvalue weighted by molar-refractivity contribution is -0.152. The van der Waals surface area contributed by atoms with Gasteiger partial charge in [-0.05, 0) is 25.9 Å². The van der Waals surface area contributed by atoms with Crippen LogP contribution in [-0.4, -0.2) is 41.1 Å². The lowest BCUT2D eigenvalue weighted by atomic mass is 9.75. The molecule has 0 spiro atoms. The molecule has 0 radical (unpaired) electrons. The largest absolute Gasteiger partial charge is 0.378 e. The molecule has 0 aromatic carbocycles. The Kier molecular flexibility index (Phi) is 3.97. The van der Waals surface area contributed by atoms with Crippen LogP contribution in [0.15, 0.2) is 0 Å². The van der Waals surface area contributed by atoms with Crippen molar-refractivity contribution >= 4 is 5.91 Å². The third kappa shape index (κ3) is 2.74. The molecule has 0 aliphatic carbocycles. The molecule has 1 amide bonds. The van der Waals surface area contributed by atoms with Crippen LogP contribution in [0.1, 0.15) is 40.0 Å². The van der Waals surface area contributed by atoms with Gasteiger partial charge in [0.1, 0.15) is 0 Å². The topological polar surface area (TPSA) is 66.6 Å². The van der Waals surface area contributed by atoms with Gasteiger partial charge in [0.2, 0.25) is 0 Å². The molecule has 16 heavy (non-hydrogen) atoms. The number of nitrogens with zero attached hydrogens (tertiary/aromatic N) is 1. The second-order valence-corrected chi connectivity index (χ2v) is 5.81. The van der Waals surface area contributed by atoms with Crippen LogP contribution in [-0.2, 0) is 4.79 Å². The lowest BCUT2D eigenvalue weighted by Crippen LogP contribution is -2.60. The van der Waals surface area contributed by atoms with Crippen LogP contribution in [0.5, 0.6) is 0 Å². The van der Waals surface area contributed by atoms with Crippen molar-refractivity contribution in [2.24, 2.45) is 11.1 Å². The van der Waals surface area contributed by atoms with Gasteiger partial charge >= 0.3 is 0 Å². The Morgan fingerprint density at radius 2 is 1.75 bits per heavy atom. The first-order valence-electron chi connectivity index (χ1n) is 6.02. The fourth-order valence-electron chi connectivity index (χ4n) is 2.13. The summed E-state index contributed by atoms with van der Waals surface area (Å²) in [5.41, 5.74) is 3.39. The molecule has 0 aromatic rings. The van der Waals surface area contributed by atoms with E-state index in [0.29, 0.717) is 6.54 Å². The van der Waals surface area contributed by atoms with Gasteiger partial charge in [-0.1, -0.05) is 27.2 Å². The Labute approximate surface area is 97.8 Å². The van der Waals surface area contributed by atoms with E-state index in [0.717, 1.165) is 25.9 Å². The van der Waals surface area contributed by atoms with Gasteiger partial charge in [-0.15, -0.1) is 0 Å². The van der Waals surface area contributed by atoms with Gasteiger partial charge in [-0.3, -0.25) is 9.69 Å². The summed E-state index contributed by atoms with van der Waals surface area (Å²) in [5.74, 6) is -0.620. The van der Waals surface area contributed by atoms with Crippen molar-refractivity contribution in [3.63, 3.8) is 0 Å². The van der Waals surface area contributed by atoms with Crippen LogP contribution < -0.4 is 5.73 Å². The highest BCUT2D eigenvalue weighted by Gasteiger charge is 2.46. The van der Waals surface area contributed by atoms with E-state index in [1.54, 1.807) is 0 Å². The number of β-amino-alcohol motifs (C(OH)–C–C–N with tert-alkyl or cyclic N) is 1. The van der Waals surface area contributed by atoms with E-state index in [1.165, 1.54) is 6.42 Å². The fourth-order valence-corrected chi connectivity index (χ4v) is 2.13. The fraction of sp³-hybridized carbons (Fsp3) is 0.917. The Hall–Kier alpha value is -0.610. The predicted molar refractivity (Wildman–Crippen MR) is 63.9 cm³/mol. The highest BCUT2D eigenvalue weighted by Crippen LogP contribution is 2.31. The quantitative estimate of drug-likeness (QED) is 0.748. The summed E-state index contributed by atoms with van der Waals surface area (Å²) in [6, 6.07) is 0. The van der Waals surface area contributed by atoms with Gasteiger partial charge in [0.15, 0.2) is 5.60 Å². The molecule has 1 rings (SSSR count). The van der Waals surface area contributed by atoms with Gasteiger partial charge in [0.05, 0.1) is 0 Å². The summed E-state index contributed by atoms with van der Waals surface area (Å²) in [5, 5.41) is 10.5. The molecule has 1 aliphatic heterocycles. The van der Waals surface area contributed by atoms with Crippen molar-refractivity contribution in [2.45, 2.75) is 45.6 Å². The van der Waals surface area contributed by atoms with Crippen molar-refractivity contribution in [3.05, 3.63) is 0 Å². The van der Waals surface area contributed by atoms with Crippen LogP contribution in [0.3, 0.4) is 0 Å². The van der Waals surface area contributed by atoms with Crippen LogP contribution >= 0.6 is 0 Å². The van der Waals surface area contributed by atoms with Gasteiger partial charge in [0, 0.05) is 12.0 Å². The van der Waals surface area contributed by atoms with E-state index in [1.807, 2.05) is 20.8 Å². The summed E-state index contributed by atoms with van der Waals surface area (Å²) in [7, 11) is 0. The smallest absolute Gasteiger partial charge is 0.251 e. The zero-order valence-corrected chi connectivity index (χ0v) is 10.6. The number of primary amides is 1. The maximum absolute atomic E-state index is 11.5. The minimum Gasteiger partial charge on any atom is -0.378 e. The molecule has 4 nitrogen and oxygen atoms in total. The van der Waals surface area contributed by atoms with Gasteiger partial charge in [-0.25, -0.2) is 0 Å². The maximum atomic E-state index is 11.5. The summed E-state index contributed by atoms with van der Waals surface area (Å²) in [4.78, 5) is 13.6. The normalized spacial score (nSPS) is 22.8. The number of amides is 1. The third-order valence-electron chi connectivity index (χ3n) is 3.55. The number of nitrogens with two attached hydrogens (primary N) is 1. The van der Waals surface area contributed by atoms with E-state index in [2.05, 4.69) is 4.90 Å². The molecule has 1 saturated heterocycles. The van der Waals surface area contributed by atoms with Crippen molar-refractivity contribution in [1.82, 2.24) is 4.90 Å². The lowest BCUT2D eigenvalue weighted by Gasteiger charge is -2.41. The molecule has 3 N–H and O–H groups in total. The minimum atomic E-state index is -1.44. The van der Waals surface area contributed by atoms with E-state index >= 15 is 0 Å². The van der Waals surface area contributed by atoms with Gasteiger partial charge in [0.25, 0.3) is 5.91 Å². The molecule has 1 atom stereocenters. The SMILES string of the molecule is CC(C)(C)C(O)(CN1CCCCC1)C(N)=O. The number of rotatable bonds is 3. The maximum Gasteiger partial charge on any atom is 0.251 e. The monoisotopic (exact) mass is 228 g/mol.